The highest BCUT2D eigenvalue weighted by molar-refractivity contribution is 7.92. The van der Waals surface area contributed by atoms with Crippen molar-refractivity contribution in [1.29, 1.82) is 0 Å². The summed E-state index contributed by atoms with van der Waals surface area (Å²) in [4.78, 5) is 16.7. The maximum atomic E-state index is 13.3. The van der Waals surface area contributed by atoms with E-state index >= 15 is 0 Å². The Kier molecular flexibility index (Phi) is 7.58. The number of methoxy groups -OCH3 is 1. The van der Waals surface area contributed by atoms with Crippen LogP contribution in [0.25, 0.3) is 10.9 Å². The summed E-state index contributed by atoms with van der Waals surface area (Å²) in [6.45, 7) is 0.539. The molecule has 4 N–H and O–H groups in total. The maximum Gasteiger partial charge on any atom is 0.447 e. The molecule has 3 aromatic rings. The first-order chi connectivity index (χ1) is 17.8. The number of hydrogen-bond acceptors (Lipinski definition) is 10. The SMILES string of the molecule is COC(=O)c1cc(C(O)(O)C(F)(F)F)ccc1Nc1cc(S(=O)(=O)C2COCCN2)nc2ccc(Cl)cc12. The number of nitrogens with one attached hydrogen (secondary N) is 2. The summed E-state index contributed by atoms with van der Waals surface area (Å²) in [6.07, 6.45) is -5.46. The molecule has 1 fully saturated rings. The van der Waals surface area contributed by atoms with E-state index in [4.69, 9.17) is 16.3 Å². The molecule has 0 spiro atoms. The molecular formula is C23H21ClF3N3O7S. The van der Waals surface area contributed by atoms with E-state index in [1.165, 1.54) is 24.3 Å². The Bertz CT molecular complexity index is 1490. The van der Waals surface area contributed by atoms with Crippen molar-refractivity contribution < 1.29 is 46.1 Å². The highest BCUT2D eigenvalue weighted by atomic mass is 35.5. The molecular weight excluding hydrogens is 555 g/mol. The zero-order chi connectivity index (χ0) is 27.9. The zero-order valence-electron chi connectivity index (χ0n) is 19.5. The van der Waals surface area contributed by atoms with Gasteiger partial charge in [0.25, 0.3) is 5.79 Å². The monoisotopic (exact) mass is 575 g/mol. The fourth-order valence-electron chi connectivity index (χ4n) is 3.77. The van der Waals surface area contributed by atoms with Crippen LogP contribution in [0.4, 0.5) is 24.5 Å². The number of morpholine rings is 1. The van der Waals surface area contributed by atoms with Crippen LogP contribution < -0.4 is 10.6 Å². The molecule has 1 unspecified atom stereocenters. The topological polar surface area (TPSA) is 147 Å². The van der Waals surface area contributed by atoms with Crippen molar-refractivity contribution in [2.45, 2.75) is 22.4 Å². The Balaban J connectivity index is 1.86. The molecule has 4 rings (SSSR count). The van der Waals surface area contributed by atoms with Crippen molar-refractivity contribution >= 4 is 49.7 Å². The number of rotatable bonds is 6. The van der Waals surface area contributed by atoms with Crippen LogP contribution in [0.1, 0.15) is 15.9 Å². The predicted octanol–water partition coefficient (Wildman–Crippen LogP) is 2.84. The molecule has 0 aliphatic carbocycles. The molecule has 1 aromatic heterocycles. The minimum absolute atomic E-state index is 0.0980. The van der Waals surface area contributed by atoms with Crippen LogP contribution >= 0.6 is 11.6 Å². The van der Waals surface area contributed by atoms with Gasteiger partial charge in [-0.2, -0.15) is 13.2 Å². The summed E-state index contributed by atoms with van der Waals surface area (Å²) in [7, 11) is -3.07. The Hall–Kier alpha value is -3.01. The number of nitrogens with zero attached hydrogens (tertiary/aromatic N) is 1. The summed E-state index contributed by atoms with van der Waals surface area (Å²) in [6, 6.07) is 8.00. The molecule has 1 aliphatic rings. The summed E-state index contributed by atoms with van der Waals surface area (Å²) >= 11 is 6.13. The lowest BCUT2D eigenvalue weighted by atomic mass is 10.0. The van der Waals surface area contributed by atoms with Crippen LogP contribution in [0, 0.1) is 0 Å². The molecule has 0 saturated carbocycles. The van der Waals surface area contributed by atoms with Gasteiger partial charge in [0.2, 0.25) is 9.84 Å². The third-order valence-electron chi connectivity index (χ3n) is 5.79. The number of alkyl halides is 3. The largest absolute Gasteiger partial charge is 0.465 e. The number of anilines is 2. The molecule has 0 amide bonds. The van der Waals surface area contributed by atoms with E-state index < -0.39 is 44.3 Å². The number of fused-ring (bicyclic) bond motifs is 1. The maximum absolute atomic E-state index is 13.3. The normalized spacial score (nSPS) is 16.9. The van der Waals surface area contributed by atoms with Gasteiger partial charge in [0.1, 0.15) is 5.37 Å². The number of hydrogen-bond donors (Lipinski definition) is 4. The van der Waals surface area contributed by atoms with Crippen LogP contribution in [-0.4, -0.2) is 68.0 Å². The van der Waals surface area contributed by atoms with Gasteiger partial charge in [0, 0.05) is 22.5 Å². The van der Waals surface area contributed by atoms with Gasteiger partial charge in [-0.25, -0.2) is 18.2 Å². The fraction of sp³-hybridized carbons (Fsp3) is 0.304. The molecule has 204 valence electrons. The first-order valence-electron chi connectivity index (χ1n) is 10.9. The number of pyridine rings is 1. The van der Waals surface area contributed by atoms with Gasteiger partial charge in [-0.3, -0.25) is 5.32 Å². The lowest BCUT2D eigenvalue weighted by molar-refractivity contribution is -0.358. The minimum Gasteiger partial charge on any atom is -0.465 e. The van der Waals surface area contributed by atoms with E-state index in [2.05, 4.69) is 20.4 Å². The van der Waals surface area contributed by atoms with Gasteiger partial charge >= 0.3 is 12.1 Å². The third kappa shape index (κ3) is 5.28. The number of benzene rings is 2. The summed E-state index contributed by atoms with van der Waals surface area (Å²) in [5.74, 6) is -5.35. The Morgan fingerprint density at radius 1 is 1.18 bits per heavy atom. The number of esters is 1. The second-order valence-electron chi connectivity index (χ2n) is 8.28. The molecule has 1 aliphatic heterocycles. The van der Waals surface area contributed by atoms with E-state index in [0.29, 0.717) is 24.6 Å². The zero-order valence-corrected chi connectivity index (χ0v) is 21.1. The fourth-order valence-corrected chi connectivity index (χ4v) is 5.35. The van der Waals surface area contributed by atoms with Gasteiger partial charge in [-0.15, -0.1) is 0 Å². The molecule has 10 nitrogen and oxygen atoms in total. The van der Waals surface area contributed by atoms with Crippen LogP contribution in [-0.2, 0) is 25.1 Å². The Morgan fingerprint density at radius 3 is 2.55 bits per heavy atom. The average molecular weight is 576 g/mol. The number of ether oxygens (including phenoxy) is 2. The molecule has 38 heavy (non-hydrogen) atoms. The van der Waals surface area contributed by atoms with Gasteiger partial charge in [-0.1, -0.05) is 17.7 Å². The molecule has 0 radical (unpaired) electrons. The van der Waals surface area contributed by atoms with E-state index in [9.17, 15) is 36.6 Å². The highest BCUT2D eigenvalue weighted by Crippen LogP contribution is 2.39. The highest BCUT2D eigenvalue weighted by Gasteiger charge is 2.54. The van der Waals surface area contributed by atoms with Gasteiger partial charge < -0.3 is 25.0 Å². The van der Waals surface area contributed by atoms with Gasteiger partial charge in [-0.05, 0) is 36.4 Å². The number of sulfone groups is 1. The number of aromatic nitrogens is 1. The van der Waals surface area contributed by atoms with Gasteiger partial charge in [0.15, 0.2) is 5.03 Å². The van der Waals surface area contributed by atoms with Crippen LogP contribution in [0.3, 0.4) is 0 Å². The lowest BCUT2D eigenvalue weighted by Crippen LogP contribution is -2.46. The van der Waals surface area contributed by atoms with Crippen LogP contribution in [0.15, 0.2) is 47.5 Å². The van der Waals surface area contributed by atoms with Crippen LogP contribution in [0.5, 0.6) is 0 Å². The van der Waals surface area contributed by atoms with E-state index in [1.54, 1.807) is 0 Å². The number of carbonyl (C=O) groups is 1. The Morgan fingerprint density at radius 2 is 1.92 bits per heavy atom. The smallest absolute Gasteiger partial charge is 0.447 e. The molecule has 2 aromatic carbocycles. The summed E-state index contributed by atoms with van der Waals surface area (Å²) in [5.41, 5.74) is -1.33. The van der Waals surface area contributed by atoms with E-state index in [1.807, 2.05) is 0 Å². The van der Waals surface area contributed by atoms with E-state index in [-0.39, 0.29) is 33.5 Å². The number of carbonyl (C=O) groups excluding carboxylic acids is 1. The van der Waals surface area contributed by atoms with Crippen molar-refractivity contribution in [3.8, 4) is 0 Å². The first-order valence-corrected chi connectivity index (χ1v) is 12.8. The standard InChI is InChI=1S/C23H21ClF3N3O7S/c1-36-21(31)15-8-12(22(32,33)23(25,26)27)2-4-17(15)29-18-10-19(30-16-5-3-13(24)9-14(16)18)38(34,35)20-11-37-7-6-28-20/h2-5,8-10,20,28,32-33H,6-7,11H2,1H3,(H,29,30). The molecule has 2 heterocycles. The Labute approximate surface area is 219 Å². The number of halogens is 4. The summed E-state index contributed by atoms with van der Waals surface area (Å²) < 4.78 is 76.0. The molecule has 15 heteroatoms. The lowest BCUT2D eigenvalue weighted by Gasteiger charge is -2.26. The summed E-state index contributed by atoms with van der Waals surface area (Å²) in [5, 5.41) is 24.2. The number of aliphatic hydroxyl groups is 2. The van der Waals surface area contributed by atoms with Crippen molar-refractivity contribution in [1.82, 2.24) is 10.3 Å². The first kappa shape index (κ1) is 28.0. The quantitative estimate of drug-likeness (QED) is 0.255. The molecule has 0 bridgehead atoms. The second kappa shape index (κ2) is 10.3. The van der Waals surface area contributed by atoms with E-state index in [0.717, 1.165) is 19.2 Å². The minimum atomic E-state index is -5.46. The molecule has 1 atom stereocenters. The van der Waals surface area contributed by atoms with Crippen molar-refractivity contribution in [3.05, 3.63) is 58.6 Å². The van der Waals surface area contributed by atoms with Crippen LogP contribution in [0.2, 0.25) is 5.02 Å². The van der Waals surface area contributed by atoms with Crippen molar-refractivity contribution in [3.63, 3.8) is 0 Å². The average Bonchev–Trinajstić information content (AvgIpc) is 2.88. The van der Waals surface area contributed by atoms with Gasteiger partial charge in [0.05, 0.1) is 42.8 Å². The van der Waals surface area contributed by atoms with Crippen molar-refractivity contribution in [2.24, 2.45) is 0 Å². The predicted molar refractivity (Wildman–Crippen MR) is 130 cm³/mol. The third-order valence-corrected chi connectivity index (χ3v) is 7.87. The second-order valence-corrected chi connectivity index (χ2v) is 10.8. The van der Waals surface area contributed by atoms with Crippen molar-refractivity contribution in [2.75, 3.05) is 32.2 Å². The molecule has 1 saturated heterocycles.